The van der Waals surface area contributed by atoms with Crippen LogP contribution in [0.2, 0.25) is 0 Å². The van der Waals surface area contributed by atoms with Gasteiger partial charge in [0, 0.05) is 36.2 Å². The maximum Gasteiger partial charge on any atom is 0.343 e. The Morgan fingerprint density at radius 1 is 1.30 bits per heavy atom. The van der Waals surface area contributed by atoms with Gasteiger partial charge in [-0.1, -0.05) is 6.92 Å². The van der Waals surface area contributed by atoms with Gasteiger partial charge in [-0.2, -0.15) is 0 Å². The number of esters is 1. The number of hydrogen-bond acceptors (Lipinski definition) is 7. The molecule has 0 bridgehead atoms. The molecule has 3 aliphatic rings. The Labute approximate surface area is 194 Å². The van der Waals surface area contributed by atoms with E-state index in [0.717, 1.165) is 57.8 Å². The number of rotatable bonds is 5. The molecule has 7 nitrogen and oxygen atoms in total. The molecular weight excluding hydrogens is 418 g/mol. The average Bonchev–Trinajstić information content (AvgIpc) is 3.11. The highest BCUT2D eigenvalue weighted by atomic mass is 16.6. The van der Waals surface area contributed by atoms with E-state index in [4.69, 9.17) is 14.5 Å². The fourth-order valence-corrected chi connectivity index (χ4v) is 5.06. The summed E-state index contributed by atoms with van der Waals surface area (Å²) in [5, 5.41) is 12.2. The second-order valence-electron chi connectivity index (χ2n) is 9.70. The Hall–Kier alpha value is -2.90. The molecule has 0 saturated heterocycles. The van der Waals surface area contributed by atoms with Gasteiger partial charge in [0.15, 0.2) is 5.60 Å². The minimum atomic E-state index is -1.59. The summed E-state index contributed by atoms with van der Waals surface area (Å²) in [6.07, 6.45) is 2.31. The van der Waals surface area contributed by atoms with Crippen molar-refractivity contribution in [2.24, 2.45) is 0 Å². The van der Waals surface area contributed by atoms with Crippen LogP contribution in [0.4, 0.5) is 0 Å². The topological polar surface area (TPSA) is 75.1 Å². The molecule has 5 rings (SSSR count). The third kappa shape index (κ3) is 3.50. The lowest BCUT2D eigenvalue weighted by atomic mass is 9.83. The molecule has 174 valence electrons. The fraction of sp³-hybridized carbons (Fsp3) is 0.462. The maximum absolute atomic E-state index is 12.4. The summed E-state index contributed by atoms with van der Waals surface area (Å²) >= 11 is 0. The highest BCUT2D eigenvalue weighted by molar-refractivity contribution is 5.91. The van der Waals surface area contributed by atoms with E-state index in [9.17, 15) is 9.90 Å². The van der Waals surface area contributed by atoms with E-state index in [1.165, 1.54) is 0 Å². The van der Waals surface area contributed by atoms with E-state index >= 15 is 0 Å². The lowest BCUT2D eigenvalue weighted by molar-refractivity contribution is -0.163. The number of fused-ring (bicyclic) bond motifs is 4. The predicted molar refractivity (Wildman–Crippen MR) is 127 cm³/mol. The van der Waals surface area contributed by atoms with Crippen molar-refractivity contribution in [3.8, 4) is 5.75 Å². The first-order valence-electron chi connectivity index (χ1n) is 11.6. The summed E-state index contributed by atoms with van der Waals surface area (Å²) in [6.45, 7) is 8.22. The van der Waals surface area contributed by atoms with Crippen LogP contribution in [0.15, 0.2) is 35.4 Å². The van der Waals surface area contributed by atoms with Crippen molar-refractivity contribution < 1.29 is 19.4 Å². The number of aromatic nitrogens is 1. The number of carbonyl (C=O) groups is 1. The molecule has 0 saturated carbocycles. The van der Waals surface area contributed by atoms with Crippen LogP contribution in [0.1, 0.15) is 44.0 Å². The van der Waals surface area contributed by atoms with Gasteiger partial charge in [-0.25, -0.2) is 9.78 Å². The predicted octanol–water partition coefficient (Wildman–Crippen LogP) is 3.25. The van der Waals surface area contributed by atoms with Crippen LogP contribution in [0.25, 0.3) is 16.6 Å². The van der Waals surface area contributed by atoms with Crippen LogP contribution in [0, 0.1) is 0 Å². The van der Waals surface area contributed by atoms with Gasteiger partial charge in [0.2, 0.25) is 0 Å². The molecule has 0 radical (unpaired) electrons. The zero-order valence-corrected chi connectivity index (χ0v) is 19.9. The summed E-state index contributed by atoms with van der Waals surface area (Å²) in [4.78, 5) is 21.8. The third-order valence-electron chi connectivity index (χ3n) is 6.64. The Balaban J connectivity index is 1.63. The Kier molecular flexibility index (Phi) is 5.21. The van der Waals surface area contributed by atoms with E-state index < -0.39 is 11.6 Å². The highest BCUT2D eigenvalue weighted by Crippen LogP contribution is 2.43. The molecule has 2 aromatic rings. The summed E-state index contributed by atoms with van der Waals surface area (Å²) in [5.41, 5.74) is 5.12. The van der Waals surface area contributed by atoms with E-state index in [2.05, 4.69) is 30.0 Å². The zero-order chi connectivity index (χ0) is 23.5. The number of nitrogens with zero attached hydrogens (tertiary/aromatic N) is 3. The molecule has 0 spiro atoms. The van der Waals surface area contributed by atoms with Gasteiger partial charge in [0.05, 0.1) is 23.0 Å². The summed E-state index contributed by atoms with van der Waals surface area (Å²) in [6, 6.07) is 6.26. The molecule has 0 fully saturated rings. The van der Waals surface area contributed by atoms with Crippen LogP contribution < -0.4 is 4.74 Å². The number of hydrogen-bond donors (Lipinski definition) is 1. The normalized spacial score (nSPS) is 21.9. The van der Waals surface area contributed by atoms with E-state index in [-0.39, 0.29) is 19.1 Å². The van der Waals surface area contributed by atoms with Crippen LogP contribution in [-0.2, 0) is 22.6 Å². The van der Waals surface area contributed by atoms with Gasteiger partial charge >= 0.3 is 5.97 Å². The second-order valence-corrected chi connectivity index (χ2v) is 9.70. The van der Waals surface area contributed by atoms with Crippen molar-refractivity contribution in [1.82, 2.24) is 14.8 Å². The SMILES string of the molecule is CCC1(O)C(=O)OCC2=C1C=C1c3nc4ccc(OC(C)C)c(CN(C)C)c4cc3CN1C2. The number of aliphatic hydroxyl groups is 1. The van der Waals surface area contributed by atoms with E-state index in [1.807, 2.05) is 32.1 Å². The fourth-order valence-electron chi connectivity index (χ4n) is 5.06. The van der Waals surface area contributed by atoms with E-state index in [0.29, 0.717) is 12.1 Å². The summed E-state index contributed by atoms with van der Waals surface area (Å²) < 4.78 is 11.4. The molecule has 4 heterocycles. The Morgan fingerprint density at radius 3 is 2.79 bits per heavy atom. The number of cyclic esters (lactones) is 1. The van der Waals surface area contributed by atoms with Crippen LogP contribution in [0.5, 0.6) is 5.75 Å². The molecule has 7 heteroatoms. The van der Waals surface area contributed by atoms with Gasteiger partial charge in [0.25, 0.3) is 0 Å². The Morgan fingerprint density at radius 2 is 2.09 bits per heavy atom. The van der Waals surface area contributed by atoms with Crippen LogP contribution >= 0.6 is 0 Å². The van der Waals surface area contributed by atoms with Crippen molar-refractivity contribution in [3.05, 3.63) is 52.2 Å². The third-order valence-corrected chi connectivity index (χ3v) is 6.64. The molecule has 1 unspecified atom stereocenters. The van der Waals surface area contributed by atoms with Crippen molar-refractivity contribution in [1.29, 1.82) is 0 Å². The second kappa shape index (κ2) is 7.85. The lowest BCUT2D eigenvalue weighted by Gasteiger charge is -2.37. The first kappa shape index (κ1) is 21.9. The maximum atomic E-state index is 12.4. The van der Waals surface area contributed by atoms with Crippen molar-refractivity contribution in [3.63, 3.8) is 0 Å². The first-order valence-corrected chi connectivity index (χ1v) is 11.6. The smallest absolute Gasteiger partial charge is 0.343 e. The number of benzene rings is 1. The molecular formula is C26H31N3O4. The monoisotopic (exact) mass is 449 g/mol. The van der Waals surface area contributed by atoms with E-state index in [1.54, 1.807) is 6.92 Å². The summed E-state index contributed by atoms with van der Waals surface area (Å²) in [5.74, 6) is 0.327. The molecule has 1 N–H and O–H groups in total. The molecule has 3 aliphatic heterocycles. The van der Waals surface area contributed by atoms with Gasteiger partial charge in [-0.3, -0.25) is 0 Å². The molecule has 33 heavy (non-hydrogen) atoms. The van der Waals surface area contributed by atoms with Crippen LogP contribution in [0.3, 0.4) is 0 Å². The van der Waals surface area contributed by atoms with Crippen LogP contribution in [-0.4, -0.2) is 64.8 Å². The zero-order valence-electron chi connectivity index (χ0n) is 19.9. The minimum absolute atomic E-state index is 0.0875. The first-order chi connectivity index (χ1) is 15.7. The van der Waals surface area contributed by atoms with Gasteiger partial charge in [0.1, 0.15) is 12.4 Å². The lowest BCUT2D eigenvalue weighted by Crippen LogP contribution is -2.47. The average molecular weight is 450 g/mol. The Bertz CT molecular complexity index is 1210. The van der Waals surface area contributed by atoms with Gasteiger partial charge < -0.3 is 24.4 Å². The molecule has 0 aliphatic carbocycles. The molecule has 1 aromatic carbocycles. The highest BCUT2D eigenvalue weighted by Gasteiger charge is 2.46. The summed E-state index contributed by atoms with van der Waals surface area (Å²) in [7, 11) is 4.11. The van der Waals surface area contributed by atoms with Crippen molar-refractivity contribution in [2.45, 2.75) is 52.0 Å². The molecule has 0 amide bonds. The minimum Gasteiger partial charge on any atom is -0.491 e. The number of pyridine rings is 1. The number of ether oxygens (including phenoxy) is 2. The molecule has 1 atom stereocenters. The quantitative estimate of drug-likeness (QED) is 0.703. The van der Waals surface area contributed by atoms with Crippen molar-refractivity contribution in [2.75, 3.05) is 27.2 Å². The largest absolute Gasteiger partial charge is 0.491 e. The van der Waals surface area contributed by atoms with Gasteiger partial charge in [-0.05, 0) is 69.8 Å². The van der Waals surface area contributed by atoms with Crippen molar-refractivity contribution >= 4 is 22.6 Å². The van der Waals surface area contributed by atoms with Gasteiger partial charge in [-0.15, -0.1) is 0 Å². The molecule has 1 aromatic heterocycles. The standard InChI is InChI=1S/C26H31N3O4/c1-6-26(31)20-10-22-24-16(11-29(22)12-17(20)14-32-25(26)30)9-18-19(13-28(4)5)23(33-15(2)3)8-7-21(18)27-24/h7-10,15,31H,6,11-14H2,1-5H3. The number of carbonyl (C=O) groups excluding carboxylic acids is 1.